The molecule has 6 heteroatoms. The van der Waals surface area contributed by atoms with Gasteiger partial charge in [-0.15, -0.1) is 0 Å². The molecule has 3 heterocycles. The third-order valence-electron chi connectivity index (χ3n) is 4.79. The van der Waals surface area contributed by atoms with Gasteiger partial charge in [0.1, 0.15) is 5.60 Å². The topological polar surface area (TPSA) is 70.7 Å². The van der Waals surface area contributed by atoms with Crippen LogP contribution in [0.1, 0.15) is 52.9 Å². The normalized spacial score (nSPS) is 34.7. The minimum atomic E-state index is -0.443. The van der Waals surface area contributed by atoms with Crippen LogP contribution in [0.3, 0.4) is 0 Å². The van der Waals surface area contributed by atoms with Gasteiger partial charge in [-0.25, -0.2) is 4.79 Å². The second-order valence-electron chi connectivity index (χ2n) is 7.81. The lowest BCUT2D eigenvalue weighted by molar-refractivity contribution is -0.119. The first-order valence-corrected chi connectivity index (χ1v) is 8.36. The van der Waals surface area contributed by atoms with Crippen molar-refractivity contribution in [2.45, 2.75) is 82.6 Å². The van der Waals surface area contributed by atoms with Crippen molar-refractivity contribution in [2.75, 3.05) is 6.54 Å². The summed E-state index contributed by atoms with van der Waals surface area (Å²) in [4.78, 5) is 25.6. The maximum absolute atomic E-state index is 12.4. The fourth-order valence-electron chi connectivity index (χ4n) is 3.98. The zero-order valence-electron chi connectivity index (χ0n) is 13.7. The Kier molecular flexibility index (Phi) is 4.05. The Labute approximate surface area is 131 Å². The van der Waals surface area contributed by atoms with Gasteiger partial charge in [-0.1, -0.05) is 0 Å². The highest BCUT2D eigenvalue weighted by atomic mass is 16.6. The third kappa shape index (κ3) is 3.37. The first-order valence-electron chi connectivity index (χ1n) is 8.36. The maximum Gasteiger partial charge on any atom is 0.410 e. The number of carbonyl (C=O) groups is 2. The molecule has 0 saturated carbocycles. The van der Waals surface area contributed by atoms with Crippen molar-refractivity contribution < 1.29 is 14.3 Å². The molecular formula is C16H27N3O3. The molecule has 2 N–H and O–H groups in total. The summed E-state index contributed by atoms with van der Waals surface area (Å²) in [5.41, 5.74) is -0.443. The molecule has 2 bridgehead atoms. The highest BCUT2D eigenvalue weighted by Gasteiger charge is 2.45. The molecule has 0 spiro atoms. The zero-order valence-corrected chi connectivity index (χ0v) is 13.7. The molecule has 0 radical (unpaired) electrons. The molecule has 3 aliphatic rings. The van der Waals surface area contributed by atoms with Gasteiger partial charge < -0.3 is 20.3 Å². The van der Waals surface area contributed by atoms with Gasteiger partial charge in [0.25, 0.3) is 0 Å². The van der Waals surface area contributed by atoms with Crippen molar-refractivity contribution in [3.05, 3.63) is 0 Å². The van der Waals surface area contributed by atoms with Gasteiger partial charge in [-0.2, -0.15) is 0 Å². The van der Waals surface area contributed by atoms with Gasteiger partial charge >= 0.3 is 6.09 Å². The Balaban J connectivity index is 1.57. The molecule has 2 amide bonds. The number of ether oxygens (including phenoxy) is 1. The molecule has 3 rings (SSSR count). The summed E-state index contributed by atoms with van der Waals surface area (Å²) in [5, 5.41) is 6.46. The van der Waals surface area contributed by atoms with Gasteiger partial charge in [0.2, 0.25) is 5.91 Å². The molecule has 124 valence electrons. The van der Waals surface area contributed by atoms with Crippen molar-refractivity contribution in [2.24, 2.45) is 0 Å². The average Bonchev–Trinajstić information content (AvgIpc) is 2.89. The van der Waals surface area contributed by atoms with Crippen LogP contribution in [0.15, 0.2) is 0 Å². The number of fused-ring (bicyclic) bond motifs is 2. The Hall–Kier alpha value is -1.30. The minimum Gasteiger partial charge on any atom is -0.444 e. The van der Waals surface area contributed by atoms with E-state index in [9.17, 15) is 9.59 Å². The molecule has 3 unspecified atom stereocenters. The number of carbonyl (C=O) groups excluding carboxylic acids is 2. The molecule has 0 aliphatic carbocycles. The van der Waals surface area contributed by atoms with Crippen molar-refractivity contribution in [1.29, 1.82) is 0 Å². The first-order chi connectivity index (χ1) is 10.3. The predicted molar refractivity (Wildman–Crippen MR) is 82.5 cm³/mol. The van der Waals surface area contributed by atoms with Crippen molar-refractivity contribution in [1.82, 2.24) is 15.5 Å². The smallest absolute Gasteiger partial charge is 0.410 e. The summed E-state index contributed by atoms with van der Waals surface area (Å²) < 4.78 is 5.55. The zero-order chi connectivity index (χ0) is 15.9. The Morgan fingerprint density at radius 1 is 1.23 bits per heavy atom. The fourth-order valence-corrected chi connectivity index (χ4v) is 3.98. The SMILES string of the molecule is CC(C)(C)OC(=O)N1C2CCC1CC(NC1CNC(=O)C1)C2. The molecule has 3 aliphatic heterocycles. The van der Waals surface area contributed by atoms with E-state index in [4.69, 9.17) is 4.74 Å². The van der Waals surface area contributed by atoms with E-state index in [1.807, 2.05) is 25.7 Å². The largest absolute Gasteiger partial charge is 0.444 e. The van der Waals surface area contributed by atoms with Crippen LogP contribution in [0.25, 0.3) is 0 Å². The molecule has 3 saturated heterocycles. The Morgan fingerprint density at radius 3 is 2.36 bits per heavy atom. The Bertz CT molecular complexity index is 446. The number of hydrogen-bond donors (Lipinski definition) is 2. The van der Waals surface area contributed by atoms with Crippen molar-refractivity contribution >= 4 is 12.0 Å². The Morgan fingerprint density at radius 2 is 1.86 bits per heavy atom. The van der Waals surface area contributed by atoms with Gasteiger partial charge in [0, 0.05) is 37.1 Å². The standard InChI is InChI=1S/C16H27N3O3/c1-16(2,3)22-15(21)19-12-4-5-13(19)7-10(6-12)18-11-8-14(20)17-9-11/h10-13,18H,4-9H2,1-3H3,(H,17,20). The number of rotatable bonds is 2. The number of amides is 2. The number of nitrogens with one attached hydrogen (secondary N) is 2. The minimum absolute atomic E-state index is 0.131. The van der Waals surface area contributed by atoms with Crippen LogP contribution in [-0.4, -0.2) is 53.2 Å². The van der Waals surface area contributed by atoms with E-state index in [0.29, 0.717) is 12.5 Å². The maximum atomic E-state index is 12.4. The van der Waals surface area contributed by atoms with Crippen LogP contribution < -0.4 is 10.6 Å². The van der Waals surface area contributed by atoms with E-state index in [-0.39, 0.29) is 30.1 Å². The summed E-state index contributed by atoms with van der Waals surface area (Å²) in [5.74, 6) is 0.131. The molecule has 0 aromatic rings. The molecule has 22 heavy (non-hydrogen) atoms. The summed E-state index contributed by atoms with van der Waals surface area (Å²) >= 11 is 0. The molecule has 0 aromatic heterocycles. The molecule has 0 aromatic carbocycles. The number of piperidine rings is 1. The summed E-state index contributed by atoms with van der Waals surface area (Å²) in [6.45, 7) is 6.45. The highest BCUT2D eigenvalue weighted by Crippen LogP contribution is 2.37. The predicted octanol–water partition coefficient (Wildman–Crippen LogP) is 1.39. The van der Waals surface area contributed by atoms with Crippen LogP contribution in [-0.2, 0) is 9.53 Å². The summed E-state index contributed by atoms with van der Waals surface area (Å²) in [7, 11) is 0. The number of hydrogen-bond acceptors (Lipinski definition) is 4. The number of nitrogens with zero attached hydrogens (tertiary/aromatic N) is 1. The lowest BCUT2D eigenvalue weighted by Crippen LogP contribution is -2.54. The van der Waals surface area contributed by atoms with E-state index in [1.165, 1.54) is 0 Å². The fraction of sp³-hybridized carbons (Fsp3) is 0.875. The van der Waals surface area contributed by atoms with Gasteiger partial charge in [-0.05, 0) is 46.5 Å². The van der Waals surface area contributed by atoms with Crippen LogP contribution in [0.4, 0.5) is 4.79 Å². The monoisotopic (exact) mass is 309 g/mol. The van der Waals surface area contributed by atoms with E-state index in [0.717, 1.165) is 32.2 Å². The van der Waals surface area contributed by atoms with E-state index in [1.54, 1.807) is 0 Å². The third-order valence-corrected chi connectivity index (χ3v) is 4.79. The van der Waals surface area contributed by atoms with Crippen LogP contribution >= 0.6 is 0 Å². The molecule has 3 atom stereocenters. The molecular weight excluding hydrogens is 282 g/mol. The van der Waals surface area contributed by atoms with Crippen molar-refractivity contribution in [3.8, 4) is 0 Å². The summed E-state index contributed by atoms with van der Waals surface area (Å²) in [6.07, 6.45) is 4.44. The quantitative estimate of drug-likeness (QED) is 0.809. The van der Waals surface area contributed by atoms with Gasteiger partial charge in [-0.3, -0.25) is 4.79 Å². The lowest BCUT2D eigenvalue weighted by atomic mass is 9.96. The van der Waals surface area contributed by atoms with Crippen LogP contribution in [0.2, 0.25) is 0 Å². The first kappa shape index (κ1) is 15.6. The molecule has 3 fully saturated rings. The van der Waals surface area contributed by atoms with Crippen LogP contribution in [0, 0.1) is 0 Å². The van der Waals surface area contributed by atoms with Gasteiger partial charge in [0.15, 0.2) is 0 Å². The average molecular weight is 309 g/mol. The second kappa shape index (κ2) is 5.72. The second-order valence-corrected chi connectivity index (χ2v) is 7.81. The molecule has 6 nitrogen and oxygen atoms in total. The van der Waals surface area contributed by atoms with Crippen LogP contribution in [0.5, 0.6) is 0 Å². The highest BCUT2D eigenvalue weighted by molar-refractivity contribution is 5.78. The van der Waals surface area contributed by atoms with Gasteiger partial charge in [0.05, 0.1) is 0 Å². The lowest BCUT2D eigenvalue weighted by Gasteiger charge is -2.40. The van der Waals surface area contributed by atoms with E-state index >= 15 is 0 Å². The van der Waals surface area contributed by atoms with Crippen molar-refractivity contribution in [3.63, 3.8) is 0 Å². The van der Waals surface area contributed by atoms with E-state index in [2.05, 4.69) is 10.6 Å². The summed E-state index contributed by atoms with van der Waals surface area (Å²) in [6, 6.07) is 1.19. The van der Waals surface area contributed by atoms with E-state index < -0.39 is 5.60 Å².